The van der Waals surface area contributed by atoms with E-state index in [1.165, 1.54) is 10.8 Å². The van der Waals surface area contributed by atoms with Gasteiger partial charge in [0.25, 0.3) is 5.56 Å². The fraction of sp³-hybridized carbons (Fsp3) is 0.545. The molecule has 0 atom stereocenters. The Hall–Kier alpha value is -1.17. The number of aromatic nitrogens is 2. The van der Waals surface area contributed by atoms with E-state index in [0.29, 0.717) is 10.3 Å². The first kappa shape index (κ1) is 13.9. The van der Waals surface area contributed by atoms with Crippen molar-refractivity contribution in [1.82, 2.24) is 14.9 Å². The van der Waals surface area contributed by atoms with Crippen LogP contribution in [-0.2, 0) is 11.3 Å². The average Bonchev–Trinajstić information content (AvgIpc) is 2.16. The van der Waals surface area contributed by atoms with Gasteiger partial charge in [0.05, 0.1) is 0 Å². The van der Waals surface area contributed by atoms with Crippen LogP contribution in [0.4, 0.5) is 0 Å². The number of hydrogen-bond acceptors (Lipinski definition) is 3. The molecule has 1 aromatic heterocycles. The van der Waals surface area contributed by atoms with Crippen molar-refractivity contribution in [3.05, 3.63) is 26.8 Å². The first-order valence-corrected chi connectivity index (χ1v) is 6.03. The molecule has 1 rings (SSSR count). The van der Waals surface area contributed by atoms with Crippen LogP contribution in [0.2, 0.25) is 0 Å². The molecule has 0 spiro atoms. The average molecular weight is 302 g/mol. The third-order valence-electron chi connectivity index (χ3n) is 2.02. The summed E-state index contributed by atoms with van der Waals surface area (Å²) in [6.07, 6.45) is 1.44. The Morgan fingerprint density at radius 3 is 2.65 bits per heavy atom. The van der Waals surface area contributed by atoms with Crippen LogP contribution >= 0.6 is 15.9 Å². The Morgan fingerprint density at radius 2 is 2.12 bits per heavy atom. The SMILES string of the molecule is Cc1ncc(Br)c(=O)n1CC(=O)NC(C)(C)C. The van der Waals surface area contributed by atoms with Crippen molar-refractivity contribution in [2.24, 2.45) is 0 Å². The van der Waals surface area contributed by atoms with E-state index in [-0.39, 0.29) is 23.6 Å². The standard InChI is InChI=1S/C11H16BrN3O2/c1-7-13-5-8(12)10(17)15(7)6-9(16)14-11(2,3)4/h5H,6H2,1-4H3,(H,14,16). The molecule has 1 amide bonds. The Labute approximate surface area is 108 Å². The Morgan fingerprint density at radius 1 is 1.53 bits per heavy atom. The van der Waals surface area contributed by atoms with Crippen molar-refractivity contribution in [3.8, 4) is 0 Å². The van der Waals surface area contributed by atoms with Crippen molar-refractivity contribution in [3.63, 3.8) is 0 Å². The summed E-state index contributed by atoms with van der Waals surface area (Å²) in [6, 6.07) is 0. The molecular weight excluding hydrogens is 286 g/mol. The summed E-state index contributed by atoms with van der Waals surface area (Å²) in [4.78, 5) is 27.5. The molecule has 0 fully saturated rings. The normalized spacial score (nSPS) is 11.4. The first-order valence-electron chi connectivity index (χ1n) is 5.23. The van der Waals surface area contributed by atoms with Gasteiger partial charge in [-0.2, -0.15) is 0 Å². The largest absolute Gasteiger partial charge is 0.350 e. The van der Waals surface area contributed by atoms with Gasteiger partial charge in [-0.15, -0.1) is 0 Å². The molecular formula is C11H16BrN3O2. The minimum atomic E-state index is -0.311. The van der Waals surface area contributed by atoms with Gasteiger partial charge in [0.2, 0.25) is 5.91 Å². The van der Waals surface area contributed by atoms with Gasteiger partial charge < -0.3 is 5.32 Å². The number of hydrogen-bond donors (Lipinski definition) is 1. The zero-order chi connectivity index (χ0) is 13.2. The molecule has 0 aliphatic rings. The van der Waals surface area contributed by atoms with Crippen molar-refractivity contribution < 1.29 is 4.79 Å². The molecule has 94 valence electrons. The predicted molar refractivity (Wildman–Crippen MR) is 68.8 cm³/mol. The van der Waals surface area contributed by atoms with E-state index in [2.05, 4.69) is 26.2 Å². The lowest BCUT2D eigenvalue weighted by Gasteiger charge is -2.21. The maximum absolute atomic E-state index is 11.8. The van der Waals surface area contributed by atoms with E-state index in [1.54, 1.807) is 6.92 Å². The van der Waals surface area contributed by atoms with Crippen LogP contribution in [0, 0.1) is 6.92 Å². The molecule has 1 heterocycles. The second-order valence-electron chi connectivity index (χ2n) is 4.84. The quantitative estimate of drug-likeness (QED) is 0.893. The van der Waals surface area contributed by atoms with Crippen LogP contribution in [-0.4, -0.2) is 21.0 Å². The van der Waals surface area contributed by atoms with Crippen LogP contribution in [0.3, 0.4) is 0 Å². The minimum Gasteiger partial charge on any atom is -0.350 e. The highest BCUT2D eigenvalue weighted by Crippen LogP contribution is 2.02. The number of halogens is 1. The summed E-state index contributed by atoms with van der Waals surface area (Å²) in [5.41, 5.74) is -0.560. The molecule has 0 saturated heterocycles. The molecule has 0 radical (unpaired) electrons. The van der Waals surface area contributed by atoms with Crippen molar-refractivity contribution >= 4 is 21.8 Å². The van der Waals surface area contributed by atoms with E-state index in [9.17, 15) is 9.59 Å². The highest BCUT2D eigenvalue weighted by molar-refractivity contribution is 9.10. The lowest BCUT2D eigenvalue weighted by Crippen LogP contribution is -2.44. The third-order valence-corrected chi connectivity index (χ3v) is 2.56. The lowest BCUT2D eigenvalue weighted by atomic mass is 10.1. The summed E-state index contributed by atoms with van der Waals surface area (Å²) in [6.45, 7) is 7.34. The van der Waals surface area contributed by atoms with Crippen LogP contribution in [0.25, 0.3) is 0 Å². The summed E-state index contributed by atoms with van der Waals surface area (Å²) < 4.78 is 1.69. The maximum atomic E-state index is 11.8. The molecule has 17 heavy (non-hydrogen) atoms. The van der Waals surface area contributed by atoms with Gasteiger partial charge in [-0.05, 0) is 43.6 Å². The second-order valence-corrected chi connectivity index (χ2v) is 5.70. The maximum Gasteiger partial charge on any atom is 0.268 e. The van der Waals surface area contributed by atoms with Gasteiger partial charge >= 0.3 is 0 Å². The number of nitrogens with zero attached hydrogens (tertiary/aromatic N) is 2. The van der Waals surface area contributed by atoms with Crippen molar-refractivity contribution in [2.45, 2.75) is 39.8 Å². The number of amides is 1. The number of rotatable bonds is 2. The minimum absolute atomic E-state index is 0.0195. The van der Waals surface area contributed by atoms with Gasteiger partial charge in [-0.1, -0.05) is 0 Å². The Bertz CT molecular complexity index is 488. The lowest BCUT2D eigenvalue weighted by molar-refractivity contribution is -0.123. The second kappa shape index (κ2) is 5.00. The van der Waals surface area contributed by atoms with E-state index in [1.807, 2.05) is 20.8 Å². The fourth-order valence-corrected chi connectivity index (χ4v) is 1.65. The molecule has 0 aromatic carbocycles. The fourth-order valence-electron chi connectivity index (χ4n) is 1.34. The molecule has 0 unspecified atom stereocenters. The van der Waals surface area contributed by atoms with E-state index in [0.717, 1.165) is 0 Å². The molecule has 6 heteroatoms. The van der Waals surface area contributed by atoms with Crippen LogP contribution in [0.5, 0.6) is 0 Å². The van der Waals surface area contributed by atoms with Crippen LogP contribution in [0.1, 0.15) is 26.6 Å². The number of nitrogens with one attached hydrogen (secondary N) is 1. The number of carbonyl (C=O) groups is 1. The van der Waals surface area contributed by atoms with Gasteiger partial charge in [-0.25, -0.2) is 4.98 Å². The molecule has 1 aromatic rings. The van der Waals surface area contributed by atoms with Gasteiger partial charge in [0, 0.05) is 11.7 Å². The first-order chi connectivity index (χ1) is 7.70. The molecule has 1 N–H and O–H groups in total. The number of aryl methyl sites for hydroxylation is 1. The molecule has 0 bridgehead atoms. The highest BCUT2D eigenvalue weighted by Gasteiger charge is 2.15. The predicted octanol–water partition coefficient (Wildman–Crippen LogP) is 1.23. The van der Waals surface area contributed by atoms with Crippen molar-refractivity contribution in [1.29, 1.82) is 0 Å². The highest BCUT2D eigenvalue weighted by atomic mass is 79.9. The van der Waals surface area contributed by atoms with E-state index in [4.69, 9.17) is 0 Å². The van der Waals surface area contributed by atoms with E-state index < -0.39 is 0 Å². The van der Waals surface area contributed by atoms with Gasteiger partial charge in [0.1, 0.15) is 16.8 Å². The van der Waals surface area contributed by atoms with Crippen molar-refractivity contribution in [2.75, 3.05) is 0 Å². The zero-order valence-corrected chi connectivity index (χ0v) is 12.0. The zero-order valence-electron chi connectivity index (χ0n) is 10.4. The van der Waals surface area contributed by atoms with Gasteiger partial charge in [-0.3, -0.25) is 14.2 Å². The monoisotopic (exact) mass is 301 g/mol. The van der Waals surface area contributed by atoms with Crippen LogP contribution < -0.4 is 10.9 Å². The Balaban J connectivity index is 2.93. The molecule has 0 saturated carbocycles. The summed E-state index contributed by atoms with van der Waals surface area (Å²) in [5.74, 6) is 0.310. The molecule has 0 aliphatic heterocycles. The summed E-state index contributed by atoms with van der Waals surface area (Å²) >= 11 is 3.10. The van der Waals surface area contributed by atoms with Gasteiger partial charge in [0.15, 0.2) is 0 Å². The molecule has 0 aliphatic carbocycles. The Kier molecular flexibility index (Phi) is 4.08. The topological polar surface area (TPSA) is 64.0 Å². The van der Waals surface area contributed by atoms with Crippen LogP contribution in [0.15, 0.2) is 15.5 Å². The smallest absolute Gasteiger partial charge is 0.268 e. The summed E-state index contributed by atoms with van der Waals surface area (Å²) in [7, 11) is 0. The molecule has 5 nitrogen and oxygen atoms in total. The summed E-state index contributed by atoms with van der Waals surface area (Å²) in [5, 5.41) is 2.80. The number of carbonyl (C=O) groups excluding carboxylic acids is 1. The van der Waals surface area contributed by atoms with E-state index >= 15 is 0 Å². The third kappa shape index (κ3) is 3.96.